The Kier molecular flexibility index (Phi) is 7.18. The smallest absolute Gasteiger partial charge is 0.326 e. The number of fused-ring (bicyclic) bond motifs is 1. The number of aromatic amines is 1. The molecule has 2 rings (SSSR count). The third-order valence-corrected chi connectivity index (χ3v) is 4.30. The molecule has 2 aromatic rings. The number of carboxylic acid groups (broad SMARTS) is 1. The van der Waals surface area contributed by atoms with Gasteiger partial charge in [-0.15, -0.1) is 0 Å². The van der Waals surface area contributed by atoms with Gasteiger partial charge in [-0.05, 0) is 30.2 Å². The molecule has 0 aliphatic heterocycles. The molecule has 1 aromatic heterocycles. The van der Waals surface area contributed by atoms with Crippen molar-refractivity contribution < 1.29 is 28.7 Å². The summed E-state index contributed by atoms with van der Waals surface area (Å²) in [6, 6.07) is 1.67. The van der Waals surface area contributed by atoms with E-state index in [9.17, 15) is 28.7 Å². The van der Waals surface area contributed by atoms with Gasteiger partial charge in [0, 0.05) is 36.9 Å². The summed E-state index contributed by atoms with van der Waals surface area (Å²) in [6.07, 6.45) is 1.76. The van der Waals surface area contributed by atoms with Gasteiger partial charge in [0.05, 0.1) is 6.21 Å². The summed E-state index contributed by atoms with van der Waals surface area (Å²) in [5.41, 5.74) is 1.22. The predicted octanol–water partition coefficient (Wildman–Crippen LogP) is 0.922. The van der Waals surface area contributed by atoms with E-state index in [1.165, 1.54) is 19.1 Å². The fraction of sp³-hybridized carbons (Fsp3) is 0.316. The summed E-state index contributed by atoms with van der Waals surface area (Å²) in [5, 5.41) is 21.4. The van der Waals surface area contributed by atoms with Gasteiger partial charge < -0.3 is 26.1 Å². The van der Waals surface area contributed by atoms with Gasteiger partial charge in [-0.25, -0.2) is 9.18 Å². The van der Waals surface area contributed by atoms with Gasteiger partial charge in [-0.1, -0.05) is 0 Å². The van der Waals surface area contributed by atoms with Crippen molar-refractivity contribution in [3.05, 3.63) is 35.8 Å². The average molecular weight is 404 g/mol. The lowest BCUT2D eigenvalue weighted by molar-refractivity contribution is -0.142. The Bertz CT molecular complexity index is 955. The number of hydrogen-bond acceptors (Lipinski definition) is 5. The van der Waals surface area contributed by atoms with Gasteiger partial charge in [0.2, 0.25) is 11.8 Å². The van der Waals surface area contributed by atoms with Crippen LogP contribution in [0.4, 0.5) is 4.39 Å². The zero-order valence-corrected chi connectivity index (χ0v) is 15.6. The fourth-order valence-corrected chi connectivity index (χ4v) is 2.88. The first-order valence-corrected chi connectivity index (χ1v) is 8.80. The molecule has 0 fully saturated rings. The highest BCUT2D eigenvalue weighted by atomic mass is 19.1. The molecule has 10 heteroatoms. The number of aliphatic carboxylic acids is 1. The lowest BCUT2D eigenvalue weighted by atomic mass is 10.0. The Morgan fingerprint density at radius 3 is 2.59 bits per heavy atom. The Morgan fingerprint density at radius 1 is 1.24 bits per heavy atom. The summed E-state index contributed by atoms with van der Waals surface area (Å²) in [6.45, 7) is 1.21. The molecule has 29 heavy (non-hydrogen) atoms. The molecule has 0 saturated heterocycles. The van der Waals surface area contributed by atoms with Crippen molar-refractivity contribution in [2.45, 2.75) is 38.3 Å². The lowest BCUT2D eigenvalue weighted by Gasteiger charge is -2.20. The standard InChI is InChI=1S/C19H21FN4O5/c1-10(25)23-17(6-11-9-22-15-4-2-12(20)7-14(11)15)18(27)24-16(19(28)29)5-3-13(26)8-21/h2,4,7-9,16-17,21-22H,3,5-6H2,1H3,(H,23,25)(H,24,27)(H,28,29). The maximum atomic E-state index is 13.6. The van der Waals surface area contributed by atoms with Gasteiger partial charge in [0.25, 0.3) is 0 Å². The second-order valence-electron chi connectivity index (χ2n) is 6.51. The molecular formula is C19H21FN4O5. The molecule has 2 amide bonds. The Hall–Kier alpha value is -3.56. The second-order valence-corrected chi connectivity index (χ2v) is 6.51. The maximum Gasteiger partial charge on any atom is 0.326 e. The number of amides is 2. The number of ketones is 1. The molecule has 9 nitrogen and oxygen atoms in total. The van der Waals surface area contributed by atoms with Crippen LogP contribution in [-0.4, -0.2) is 52.0 Å². The van der Waals surface area contributed by atoms with Gasteiger partial charge in [0.15, 0.2) is 5.78 Å². The molecule has 0 aliphatic carbocycles. The van der Waals surface area contributed by atoms with E-state index in [0.29, 0.717) is 22.7 Å². The number of halogens is 1. The number of rotatable bonds is 10. The van der Waals surface area contributed by atoms with E-state index in [0.717, 1.165) is 0 Å². The normalized spacial score (nSPS) is 12.8. The predicted molar refractivity (Wildman–Crippen MR) is 102 cm³/mol. The summed E-state index contributed by atoms with van der Waals surface area (Å²) in [4.78, 5) is 49.7. The van der Waals surface area contributed by atoms with Crippen LogP contribution in [0.1, 0.15) is 25.3 Å². The summed E-state index contributed by atoms with van der Waals surface area (Å²) in [5.74, 6) is -3.61. The minimum absolute atomic E-state index is 0.000629. The molecule has 0 bridgehead atoms. The van der Waals surface area contributed by atoms with Crippen molar-refractivity contribution >= 4 is 40.7 Å². The number of nitrogens with one attached hydrogen (secondary N) is 4. The maximum absolute atomic E-state index is 13.6. The van der Waals surface area contributed by atoms with E-state index in [2.05, 4.69) is 15.6 Å². The van der Waals surface area contributed by atoms with Crippen LogP contribution in [0.25, 0.3) is 10.9 Å². The van der Waals surface area contributed by atoms with Crippen molar-refractivity contribution in [2.24, 2.45) is 0 Å². The highest BCUT2D eigenvalue weighted by Crippen LogP contribution is 2.21. The Balaban J connectivity index is 2.19. The Labute approximate surface area is 165 Å². The molecular weight excluding hydrogens is 383 g/mol. The molecule has 2 unspecified atom stereocenters. The summed E-state index contributed by atoms with van der Waals surface area (Å²) < 4.78 is 13.6. The monoisotopic (exact) mass is 404 g/mol. The number of carbonyl (C=O) groups is 4. The zero-order valence-electron chi connectivity index (χ0n) is 15.6. The van der Waals surface area contributed by atoms with E-state index in [1.54, 1.807) is 12.3 Å². The van der Waals surface area contributed by atoms with Gasteiger partial charge in [0.1, 0.15) is 17.9 Å². The highest BCUT2D eigenvalue weighted by Gasteiger charge is 2.27. The first-order chi connectivity index (χ1) is 13.7. The van der Waals surface area contributed by atoms with E-state index in [1.807, 2.05) is 0 Å². The number of benzene rings is 1. The molecule has 0 aliphatic rings. The van der Waals surface area contributed by atoms with E-state index < -0.39 is 41.5 Å². The molecule has 1 aromatic carbocycles. The first-order valence-electron chi connectivity index (χ1n) is 8.80. The SMILES string of the molecule is CC(=O)NC(Cc1c[nH]c2ccc(F)cc12)C(=O)NC(CCC(=O)C=N)C(=O)O. The first kappa shape index (κ1) is 21.7. The number of hydrogen-bond donors (Lipinski definition) is 5. The van der Waals surface area contributed by atoms with Gasteiger partial charge >= 0.3 is 5.97 Å². The second kappa shape index (κ2) is 9.58. The van der Waals surface area contributed by atoms with Crippen molar-refractivity contribution in [2.75, 3.05) is 0 Å². The van der Waals surface area contributed by atoms with Crippen LogP contribution in [-0.2, 0) is 25.6 Å². The molecule has 1 heterocycles. The minimum Gasteiger partial charge on any atom is -0.480 e. The van der Waals surface area contributed by atoms with Gasteiger partial charge in [-0.2, -0.15) is 0 Å². The number of aromatic nitrogens is 1. The molecule has 0 spiro atoms. The van der Waals surface area contributed by atoms with Crippen LogP contribution in [0.5, 0.6) is 0 Å². The van der Waals surface area contributed by atoms with E-state index >= 15 is 0 Å². The van der Waals surface area contributed by atoms with Crippen LogP contribution < -0.4 is 10.6 Å². The molecule has 154 valence electrons. The third kappa shape index (κ3) is 5.96. The van der Waals surface area contributed by atoms with Crippen LogP contribution in [0, 0.1) is 11.2 Å². The molecule has 2 atom stereocenters. The fourth-order valence-electron chi connectivity index (χ4n) is 2.88. The minimum atomic E-state index is -1.36. The number of carboxylic acids is 1. The Morgan fingerprint density at radius 2 is 1.97 bits per heavy atom. The van der Waals surface area contributed by atoms with E-state index in [4.69, 9.17) is 5.41 Å². The topological polar surface area (TPSA) is 152 Å². The van der Waals surface area contributed by atoms with Gasteiger partial charge in [-0.3, -0.25) is 14.4 Å². The van der Waals surface area contributed by atoms with Crippen molar-refractivity contribution in [3.63, 3.8) is 0 Å². The summed E-state index contributed by atoms with van der Waals surface area (Å²) in [7, 11) is 0. The van der Waals surface area contributed by atoms with Crippen LogP contribution in [0.3, 0.4) is 0 Å². The number of carbonyl (C=O) groups excluding carboxylic acids is 3. The third-order valence-electron chi connectivity index (χ3n) is 4.30. The highest BCUT2D eigenvalue weighted by molar-refractivity contribution is 6.26. The number of Topliss-reactive ketones (excluding diaryl/α,β-unsaturated/α-hetero) is 1. The zero-order chi connectivity index (χ0) is 21.6. The quantitative estimate of drug-likeness (QED) is 0.373. The molecule has 0 radical (unpaired) electrons. The van der Waals surface area contributed by atoms with E-state index in [-0.39, 0.29) is 19.3 Å². The largest absolute Gasteiger partial charge is 0.480 e. The number of H-pyrrole nitrogens is 1. The molecule has 0 saturated carbocycles. The average Bonchev–Trinajstić information content (AvgIpc) is 3.05. The van der Waals surface area contributed by atoms with Crippen molar-refractivity contribution in [1.82, 2.24) is 15.6 Å². The van der Waals surface area contributed by atoms with Crippen molar-refractivity contribution in [3.8, 4) is 0 Å². The van der Waals surface area contributed by atoms with Crippen LogP contribution in [0.15, 0.2) is 24.4 Å². The summed E-state index contributed by atoms with van der Waals surface area (Å²) >= 11 is 0. The van der Waals surface area contributed by atoms with Crippen molar-refractivity contribution in [1.29, 1.82) is 5.41 Å². The van der Waals surface area contributed by atoms with Crippen LogP contribution >= 0.6 is 0 Å². The molecule has 5 N–H and O–H groups in total. The lowest BCUT2D eigenvalue weighted by Crippen LogP contribution is -2.52. The van der Waals surface area contributed by atoms with Crippen LogP contribution in [0.2, 0.25) is 0 Å².